The Bertz CT molecular complexity index is 350. The highest BCUT2D eigenvalue weighted by Crippen LogP contribution is 2.21. The number of ether oxygens (including phenoxy) is 1. The van der Waals surface area contributed by atoms with Crippen molar-refractivity contribution >= 4 is 12.3 Å². The summed E-state index contributed by atoms with van der Waals surface area (Å²) in [7, 11) is 1.18. The lowest BCUT2D eigenvalue weighted by Gasteiger charge is -2.03. The van der Waals surface area contributed by atoms with E-state index < -0.39 is 11.8 Å². The van der Waals surface area contributed by atoms with E-state index in [1.807, 2.05) is 0 Å². The van der Waals surface area contributed by atoms with Gasteiger partial charge < -0.3 is 4.74 Å². The van der Waals surface area contributed by atoms with Crippen LogP contribution in [0.4, 0.5) is 4.39 Å². The predicted molar refractivity (Wildman–Crippen MR) is 48.1 cm³/mol. The second-order valence-electron chi connectivity index (χ2n) is 2.64. The number of carbonyl (C=O) groups is 2. The standard InChI is InChI=1S/C10H9FO3/c1-14-10(13)7-4-2-3-5-9(11)8(7)6-12/h2-4,6H,5H2,1H3. The lowest BCUT2D eigenvalue weighted by Crippen LogP contribution is -2.08. The fourth-order valence-electron chi connectivity index (χ4n) is 1.10. The number of allylic oxidation sites excluding steroid dienone is 4. The van der Waals surface area contributed by atoms with Gasteiger partial charge in [0, 0.05) is 6.42 Å². The molecule has 1 aliphatic carbocycles. The van der Waals surface area contributed by atoms with Crippen LogP contribution in [0.25, 0.3) is 0 Å². The topological polar surface area (TPSA) is 43.4 Å². The van der Waals surface area contributed by atoms with E-state index in [0.717, 1.165) is 0 Å². The van der Waals surface area contributed by atoms with E-state index in [2.05, 4.69) is 4.74 Å². The highest BCUT2D eigenvalue weighted by Gasteiger charge is 2.19. The van der Waals surface area contributed by atoms with E-state index >= 15 is 0 Å². The first-order valence-electron chi connectivity index (χ1n) is 4.00. The van der Waals surface area contributed by atoms with Crippen LogP contribution in [0.3, 0.4) is 0 Å². The molecule has 0 bridgehead atoms. The third-order valence-corrected chi connectivity index (χ3v) is 1.80. The molecule has 1 aliphatic rings. The number of esters is 1. The molecule has 0 aromatic carbocycles. The first-order valence-corrected chi connectivity index (χ1v) is 4.00. The zero-order chi connectivity index (χ0) is 10.6. The molecule has 0 amide bonds. The van der Waals surface area contributed by atoms with Crippen LogP contribution in [0.1, 0.15) is 6.42 Å². The van der Waals surface area contributed by atoms with Gasteiger partial charge in [0.2, 0.25) is 0 Å². The molecule has 0 spiro atoms. The molecule has 0 saturated carbocycles. The van der Waals surface area contributed by atoms with Gasteiger partial charge in [-0.05, 0) is 6.08 Å². The van der Waals surface area contributed by atoms with E-state index in [0.29, 0.717) is 6.29 Å². The molecule has 0 unspecified atom stereocenters. The largest absolute Gasteiger partial charge is 0.465 e. The third-order valence-electron chi connectivity index (χ3n) is 1.80. The van der Waals surface area contributed by atoms with Gasteiger partial charge >= 0.3 is 5.97 Å². The van der Waals surface area contributed by atoms with Crippen molar-refractivity contribution in [2.75, 3.05) is 7.11 Å². The van der Waals surface area contributed by atoms with Crippen LogP contribution in [0.5, 0.6) is 0 Å². The highest BCUT2D eigenvalue weighted by molar-refractivity contribution is 6.02. The summed E-state index contributed by atoms with van der Waals surface area (Å²) in [6, 6.07) is 0. The maximum Gasteiger partial charge on any atom is 0.338 e. The number of hydrogen-bond acceptors (Lipinski definition) is 3. The first-order chi connectivity index (χ1) is 6.70. The highest BCUT2D eigenvalue weighted by atomic mass is 19.1. The van der Waals surface area contributed by atoms with Gasteiger partial charge in [-0.25, -0.2) is 9.18 Å². The second-order valence-corrected chi connectivity index (χ2v) is 2.64. The summed E-state index contributed by atoms with van der Waals surface area (Å²) in [5.41, 5.74) is -0.282. The van der Waals surface area contributed by atoms with E-state index in [4.69, 9.17) is 0 Å². The molecular formula is C10H9FO3. The van der Waals surface area contributed by atoms with Gasteiger partial charge in [0.1, 0.15) is 5.83 Å². The molecule has 0 aromatic heterocycles. The molecule has 0 aromatic rings. The van der Waals surface area contributed by atoms with Crippen molar-refractivity contribution in [3.63, 3.8) is 0 Å². The maximum atomic E-state index is 13.2. The fourth-order valence-corrected chi connectivity index (χ4v) is 1.10. The molecular weight excluding hydrogens is 187 g/mol. The van der Waals surface area contributed by atoms with Gasteiger partial charge in [0.05, 0.1) is 18.3 Å². The molecule has 3 nitrogen and oxygen atoms in total. The minimum atomic E-state index is -0.714. The molecule has 0 fully saturated rings. The van der Waals surface area contributed by atoms with E-state index in [-0.39, 0.29) is 17.6 Å². The average Bonchev–Trinajstić information content (AvgIpc) is 2.38. The second kappa shape index (κ2) is 4.50. The van der Waals surface area contributed by atoms with Gasteiger partial charge in [-0.3, -0.25) is 4.79 Å². The summed E-state index contributed by atoms with van der Waals surface area (Å²) in [6.07, 6.45) is 4.75. The molecule has 0 saturated heterocycles. The Kier molecular flexibility index (Phi) is 3.34. The Morgan fingerprint density at radius 2 is 2.36 bits per heavy atom. The first kappa shape index (κ1) is 10.4. The monoisotopic (exact) mass is 196 g/mol. The molecule has 0 N–H and O–H groups in total. The minimum Gasteiger partial charge on any atom is -0.465 e. The Morgan fingerprint density at radius 3 is 2.93 bits per heavy atom. The molecule has 0 atom stereocenters. The number of aldehydes is 1. The number of rotatable bonds is 2. The maximum absolute atomic E-state index is 13.2. The zero-order valence-corrected chi connectivity index (χ0v) is 7.62. The zero-order valence-electron chi connectivity index (χ0n) is 7.62. The van der Waals surface area contributed by atoms with Crippen LogP contribution >= 0.6 is 0 Å². The molecule has 0 radical (unpaired) electrons. The van der Waals surface area contributed by atoms with Crippen molar-refractivity contribution < 1.29 is 18.7 Å². The molecule has 0 aliphatic heterocycles. The molecule has 74 valence electrons. The lowest BCUT2D eigenvalue weighted by molar-refractivity contribution is -0.136. The summed E-state index contributed by atoms with van der Waals surface area (Å²) < 4.78 is 17.6. The van der Waals surface area contributed by atoms with Crippen LogP contribution < -0.4 is 0 Å². The average molecular weight is 196 g/mol. The van der Waals surface area contributed by atoms with Crippen LogP contribution in [0.15, 0.2) is 35.2 Å². The number of hydrogen-bond donors (Lipinski definition) is 0. The fraction of sp³-hybridized carbons (Fsp3) is 0.200. The smallest absolute Gasteiger partial charge is 0.338 e. The van der Waals surface area contributed by atoms with Crippen molar-refractivity contribution in [1.82, 2.24) is 0 Å². The number of methoxy groups -OCH3 is 1. The Morgan fingerprint density at radius 1 is 1.64 bits per heavy atom. The van der Waals surface area contributed by atoms with Crippen LogP contribution in [-0.2, 0) is 14.3 Å². The third kappa shape index (κ3) is 1.96. The molecule has 14 heavy (non-hydrogen) atoms. The molecule has 4 heteroatoms. The van der Waals surface area contributed by atoms with Crippen LogP contribution in [-0.4, -0.2) is 19.4 Å². The van der Waals surface area contributed by atoms with E-state index in [9.17, 15) is 14.0 Å². The van der Waals surface area contributed by atoms with Crippen molar-refractivity contribution in [2.45, 2.75) is 6.42 Å². The summed E-state index contributed by atoms with van der Waals surface area (Å²) in [6.45, 7) is 0. The summed E-state index contributed by atoms with van der Waals surface area (Å²) in [4.78, 5) is 21.7. The van der Waals surface area contributed by atoms with Gasteiger partial charge in [-0.1, -0.05) is 12.2 Å². The number of carbonyl (C=O) groups excluding carboxylic acids is 2. The van der Waals surface area contributed by atoms with Crippen molar-refractivity contribution in [3.8, 4) is 0 Å². The Balaban J connectivity index is 3.17. The minimum absolute atomic E-state index is 0.0189. The predicted octanol–water partition coefficient (Wildman–Crippen LogP) is 1.47. The molecule has 1 rings (SSSR count). The van der Waals surface area contributed by atoms with Gasteiger partial charge in [0.15, 0.2) is 6.29 Å². The lowest BCUT2D eigenvalue weighted by atomic mass is 10.1. The number of halogens is 1. The molecule has 0 heterocycles. The van der Waals surface area contributed by atoms with Crippen molar-refractivity contribution in [2.24, 2.45) is 0 Å². The summed E-state index contributed by atoms with van der Waals surface area (Å²) >= 11 is 0. The SMILES string of the molecule is COC(=O)C1=CC=CCC(F)=C1C=O. The van der Waals surface area contributed by atoms with Gasteiger partial charge in [-0.2, -0.15) is 0 Å². The van der Waals surface area contributed by atoms with Gasteiger partial charge in [-0.15, -0.1) is 0 Å². The normalized spacial score (nSPS) is 16.0. The Hall–Kier alpha value is -1.71. The summed E-state index contributed by atoms with van der Waals surface area (Å²) in [5, 5.41) is 0. The van der Waals surface area contributed by atoms with E-state index in [1.165, 1.54) is 25.3 Å². The van der Waals surface area contributed by atoms with E-state index in [1.54, 1.807) is 0 Å². The van der Waals surface area contributed by atoms with Crippen LogP contribution in [0, 0.1) is 0 Å². The van der Waals surface area contributed by atoms with Crippen LogP contribution in [0.2, 0.25) is 0 Å². The van der Waals surface area contributed by atoms with Gasteiger partial charge in [0.25, 0.3) is 0 Å². The quantitative estimate of drug-likeness (QED) is 0.496. The summed E-state index contributed by atoms with van der Waals surface area (Å²) in [5.74, 6) is -1.33. The Labute approximate surface area is 80.6 Å². The van der Waals surface area contributed by atoms with Crippen molar-refractivity contribution in [3.05, 3.63) is 35.2 Å². The van der Waals surface area contributed by atoms with Crippen molar-refractivity contribution in [1.29, 1.82) is 0 Å².